The van der Waals surface area contributed by atoms with Gasteiger partial charge in [-0.05, 0) is 43.7 Å². The van der Waals surface area contributed by atoms with Crippen molar-refractivity contribution in [1.82, 2.24) is 0 Å². The van der Waals surface area contributed by atoms with Crippen LogP contribution >= 0.6 is 11.6 Å². The van der Waals surface area contributed by atoms with E-state index in [0.717, 1.165) is 33.2 Å². The lowest BCUT2D eigenvalue weighted by atomic mass is 9.83. The molecule has 3 heteroatoms. The van der Waals surface area contributed by atoms with Crippen LogP contribution in [0, 0.1) is 13.8 Å². The topological polar surface area (TPSA) is 18.5 Å². The fourth-order valence-corrected chi connectivity index (χ4v) is 3.47. The number of hydrogen-bond acceptors (Lipinski definition) is 2. The molecule has 3 aromatic rings. The molecule has 3 rings (SSSR count). The van der Waals surface area contributed by atoms with Crippen LogP contribution < -0.4 is 9.47 Å². The number of ether oxygens (including phenoxy) is 2. The highest BCUT2D eigenvalue weighted by atomic mass is 35.5. The van der Waals surface area contributed by atoms with Gasteiger partial charge in [0.15, 0.2) is 0 Å². The molecule has 2 nitrogen and oxygen atoms in total. The molecule has 3 aromatic carbocycles. The number of hydrogen-bond donors (Lipinski definition) is 0. The van der Waals surface area contributed by atoms with Gasteiger partial charge in [0, 0.05) is 22.1 Å². The SMILES string of the molecule is COc1ccc(C)cc1C(c1ccc(Cl)cc1)c1cc(C)ccc1OC. The molecule has 0 aliphatic carbocycles. The fraction of sp³-hybridized carbons (Fsp3) is 0.217. The van der Waals surface area contributed by atoms with Crippen molar-refractivity contribution >= 4 is 11.6 Å². The Kier molecular flexibility index (Phi) is 5.53. The Morgan fingerprint density at radius 1 is 0.692 bits per heavy atom. The Bertz CT molecular complexity index is 847. The molecule has 0 saturated heterocycles. The van der Waals surface area contributed by atoms with E-state index in [0.29, 0.717) is 0 Å². The molecule has 0 aliphatic heterocycles. The number of halogens is 1. The van der Waals surface area contributed by atoms with Crippen molar-refractivity contribution < 1.29 is 9.47 Å². The van der Waals surface area contributed by atoms with E-state index in [4.69, 9.17) is 21.1 Å². The van der Waals surface area contributed by atoms with Crippen LogP contribution in [0.2, 0.25) is 5.02 Å². The maximum absolute atomic E-state index is 6.13. The van der Waals surface area contributed by atoms with Crippen LogP contribution in [0.1, 0.15) is 33.7 Å². The van der Waals surface area contributed by atoms with E-state index in [9.17, 15) is 0 Å². The highest BCUT2D eigenvalue weighted by Crippen LogP contribution is 2.42. The van der Waals surface area contributed by atoms with Crippen molar-refractivity contribution in [2.75, 3.05) is 14.2 Å². The summed E-state index contributed by atoms with van der Waals surface area (Å²) >= 11 is 6.13. The molecule has 0 amide bonds. The minimum atomic E-state index is -0.0167. The average Bonchev–Trinajstić information content (AvgIpc) is 2.64. The first-order valence-electron chi connectivity index (χ1n) is 8.58. The van der Waals surface area contributed by atoms with Crippen molar-refractivity contribution in [2.45, 2.75) is 19.8 Å². The van der Waals surface area contributed by atoms with Crippen LogP contribution in [0.5, 0.6) is 11.5 Å². The zero-order valence-corrected chi connectivity index (χ0v) is 16.3. The minimum Gasteiger partial charge on any atom is -0.496 e. The van der Waals surface area contributed by atoms with Gasteiger partial charge >= 0.3 is 0 Å². The molecular weight excluding hydrogens is 344 g/mol. The average molecular weight is 367 g/mol. The maximum atomic E-state index is 6.13. The summed E-state index contributed by atoms with van der Waals surface area (Å²) in [5, 5.41) is 0.722. The van der Waals surface area contributed by atoms with Gasteiger partial charge in [-0.2, -0.15) is 0 Å². The van der Waals surface area contributed by atoms with Crippen molar-refractivity contribution in [3.63, 3.8) is 0 Å². The number of benzene rings is 3. The third kappa shape index (κ3) is 3.71. The van der Waals surface area contributed by atoms with Gasteiger partial charge in [-0.15, -0.1) is 0 Å². The summed E-state index contributed by atoms with van der Waals surface area (Å²) in [7, 11) is 3.42. The summed E-state index contributed by atoms with van der Waals surface area (Å²) < 4.78 is 11.4. The molecule has 0 aliphatic rings. The molecular formula is C23H23ClO2. The van der Waals surface area contributed by atoms with Crippen LogP contribution in [0.15, 0.2) is 60.7 Å². The van der Waals surface area contributed by atoms with Gasteiger partial charge in [0.2, 0.25) is 0 Å². The molecule has 0 heterocycles. The molecule has 0 bridgehead atoms. The van der Waals surface area contributed by atoms with Gasteiger partial charge < -0.3 is 9.47 Å². The first kappa shape index (κ1) is 18.3. The van der Waals surface area contributed by atoms with Crippen molar-refractivity contribution in [1.29, 1.82) is 0 Å². The third-order valence-corrected chi connectivity index (χ3v) is 4.85. The summed E-state index contributed by atoms with van der Waals surface area (Å²) in [6.45, 7) is 4.19. The molecule has 0 unspecified atom stereocenters. The predicted octanol–water partition coefficient (Wildman–Crippen LogP) is 6.15. The van der Waals surface area contributed by atoms with Gasteiger partial charge in [0.1, 0.15) is 11.5 Å². The van der Waals surface area contributed by atoms with Crippen LogP contribution in [0.3, 0.4) is 0 Å². The van der Waals surface area contributed by atoms with E-state index in [1.54, 1.807) is 14.2 Å². The lowest BCUT2D eigenvalue weighted by Crippen LogP contribution is -2.08. The van der Waals surface area contributed by atoms with Gasteiger partial charge in [-0.25, -0.2) is 0 Å². The first-order valence-corrected chi connectivity index (χ1v) is 8.96. The first-order chi connectivity index (χ1) is 12.5. The molecule has 134 valence electrons. The predicted molar refractivity (Wildman–Crippen MR) is 108 cm³/mol. The summed E-state index contributed by atoms with van der Waals surface area (Å²) in [5.41, 5.74) is 5.73. The second-order valence-corrected chi connectivity index (χ2v) is 6.91. The molecule has 0 N–H and O–H groups in total. The van der Waals surface area contributed by atoms with Crippen LogP contribution in [0.4, 0.5) is 0 Å². The molecule has 0 aromatic heterocycles. The van der Waals surface area contributed by atoms with E-state index in [1.165, 1.54) is 11.1 Å². The van der Waals surface area contributed by atoms with Crippen molar-refractivity contribution in [2.24, 2.45) is 0 Å². The van der Waals surface area contributed by atoms with E-state index >= 15 is 0 Å². The Balaban J connectivity index is 2.29. The number of aryl methyl sites for hydroxylation is 2. The monoisotopic (exact) mass is 366 g/mol. The largest absolute Gasteiger partial charge is 0.496 e. The van der Waals surface area contributed by atoms with E-state index in [1.807, 2.05) is 24.3 Å². The molecule has 0 fully saturated rings. The Hall–Kier alpha value is -2.45. The molecule has 26 heavy (non-hydrogen) atoms. The summed E-state index contributed by atoms with van der Waals surface area (Å²) in [5.74, 6) is 1.70. The van der Waals surface area contributed by atoms with Crippen molar-refractivity contribution in [3.8, 4) is 11.5 Å². The lowest BCUT2D eigenvalue weighted by Gasteiger charge is -2.24. The van der Waals surface area contributed by atoms with Gasteiger partial charge in [0.05, 0.1) is 14.2 Å². The molecule has 0 saturated carbocycles. The number of methoxy groups -OCH3 is 2. The highest BCUT2D eigenvalue weighted by Gasteiger charge is 2.24. The fourth-order valence-electron chi connectivity index (χ4n) is 3.34. The highest BCUT2D eigenvalue weighted by molar-refractivity contribution is 6.30. The van der Waals surface area contributed by atoms with Crippen molar-refractivity contribution in [3.05, 3.63) is 93.5 Å². The maximum Gasteiger partial charge on any atom is 0.123 e. The van der Waals surface area contributed by atoms with Gasteiger partial charge in [0.25, 0.3) is 0 Å². The summed E-state index contributed by atoms with van der Waals surface area (Å²) in [6.07, 6.45) is 0. The van der Waals surface area contributed by atoms with E-state index in [2.05, 4.69) is 50.2 Å². The lowest BCUT2D eigenvalue weighted by molar-refractivity contribution is 0.402. The summed E-state index contributed by atoms with van der Waals surface area (Å²) in [6, 6.07) is 20.5. The Morgan fingerprint density at radius 2 is 1.15 bits per heavy atom. The Labute approximate surface area is 160 Å². The normalized spacial score (nSPS) is 10.8. The smallest absolute Gasteiger partial charge is 0.123 e. The van der Waals surface area contributed by atoms with Crippen LogP contribution in [-0.2, 0) is 0 Å². The second-order valence-electron chi connectivity index (χ2n) is 6.48. The molecule has 0 radical (unpaired) electrons. The number of rotatable bonds is 5. The standard InChI is InChI=1S/C23H23ClO2/c1-15-5-11-21(25-3)19(13-15)23(17-7-9-18(24)10-8-17)20-14-16(2)6-12-22(20)26-4/h5-14,23H,1-4H3. The zero-order valence-electron chi connectivity index (χ0n) is 15.5. The van der Waals surface area contributed by atoms with Gasteiger partial charge in [-0.3, -0.25) is 0 Å². The van der Waals surface area contributed by atoms with Gasteiger partial charge in [-0.1, -0.05) is 59.1 Å². The third-order valence-electron chi connectivity index (χ3n) is 4.60. The minimum absolute atomic E-state index is 0.0167. The zero-order chi connectivity index (χ0) is 18.7. The second kappa shape index (κ2) is 7.84. The van der Waals surface area contributed by atoms with E-state index < -0.39 is 0 Å². The quantitative estimate of drug-likeness (QED) is 0.504. The van der Waals surface area contributed by atoms with Crippen LogP contribution in [0.25, 0.3) is 0 Å². The molecule has 0 spiro atoms. The summed E-state index contributed by atoms with van der Waals surface area (Å²) in [4.78, 5) is 0. The Morgan fingerprint density at radius 3 is 1.58 bits per heavy atom. The molecule has 0 atom stereocenters. The van der Waals surface area contributed by atoms with E-state index in [-0.39, 0.29) is 5.92 Å². The van der Waals surface area contributed by atoms with Crippen LogP contribution in [-0.4, -0.2) is 14.2 Å².